The fourth-order valence-electron chi connectivity index (χ4n) is 4.31. The van der Waals surface area contributed by atoms with Crippen LogP contribution in [-0.2, 0) is 32.8 Å². The number of aromatic nitrogens is 4. The molecule has 37 heavy (non-hydrogen) atoms. The van der Waals surface area contributed by atoms with Gasteiger partial charge in [-0.05, 0) is 6.92 Å². The van der Waals surface area contributed by atoms with Crippen LogP contribution in [0.4, 0.5) is 5.13 Å². The molecule has 15 heteroatoms. The molecular weight excluding hydrogens is 520 g/mol. The molecule has 5 heterocycles. The molecule has 0 radical (unpaired) electrons. The van der Waals surface area contributed by atoms with Crippen LogP contribution in [0.3, 0.4) is 0 Å². The Morgan fingerprint density at radius 3 is 2.86 bits per heavy atom. The summed E-state index contributed by atoms with van der Waals surface area (Å²) in [6.07, 6.45) is 3.70. The number of carbonyl (C=O) groups is 3. The van der Waals surface area contributed by atoms with Crippen molar-refractivity contribution in [2.75, 3.05) is 18.6 Å². The summed E-state index contributed by atoms with van der Waals surface area (Å²) >= 11 is 2.48. The van der Waals surface area contributed by atoms with Gasteiger partial charge in [0, 0.05) is 29.8 Å². The van der Waals surface area contributed by atoms with Gasteiger partial charge in [-0.25, -0.2) is 9.97 Å². The van der Waals surface area contributed by atoms with E-state index in [9.17, 15) is 19.5 Å². The number of amides is 2. The van der Waals surface area contributed by atoms with Gasteiger partial charge in [-0.3, -0.25) is 14.5 Å². The van der Waals surface area contributed by atoms with E-state index in [0.29, 0.717) is 11.3 Å². The minimum absolute atomic E-state index is 0.143. The minimum atomic E-state index is -1.45. The third-order valence-electron chi connectivity index (χ3n) is 6.17. The molecule has 1 saturated heterocycles. The minimum Gasteiger partial charge on any atom is -0.543 e. The molecule has 2 atom stereocenters. The summed E-state index contributed by atoms with van der Waals surface area (Å²) in [5.41, 5.74) is 7.80. The second kappa shape index (κ2) is 9.48. The van der Waals surface area contributed by atoms with E-state index >= 15 is 0 Å². The van der Waals surface area contributed by atoms with Crippen LogP contribution in [0.25, 0.3) is 11.0 Å². The zero-order valence-electron chi connectivity index (χ0n) is 20.0. The van der Waals surface area contributed by atoms with Gasteiger partial charge < -0.3 is 30.4 Å². The predicted molar refractivity (Wildman–Crippen MR) is 133 cm³/mol. The van der Waals surface area contributed by atoms with Gasteiger partial charge in [0.2, 0.25) is 0 Å². The molecule has 1 unspecified atom stereocenters. The maximum absolute atomic E-state index is 13.0. The zero-order valence-corrected chi connectivity index (χ0v) is 21.6. The summed E-state index contributed by atoms with van der Waals surface area (Å²) in [5, 5.41) is 19.7. The van der Waals surface area contributed by atoms with Gasteiger partial charge >= 0.3 is 0 Å². The van der Waals surface area contributed by atoms with Crippen molar-refractivity contribution in [3.05, 3.63) is 46.6 Å². The molecule has 0 bridgehead atoms. The Morgan fingerprint density at radius 1 is 1.41 bits per heavy atom. The maximum Gasteiger partial charge on any atom is 0.276 e. The number of carboxylic acids is 1. The summed E-state index contributed by atoms with van der Waals surface area (Å²) in [6, 6.07) is 0.906. The van der Waals surface area contributed by atoms with E-state index in [-0.39, 0.29) is 28.8 Å². The molecule has 0 aliphatic carbocycles. The average molecular weight is 543 g/mol. The third kappa shape index (κ3) is 4.29. The Labute approximate surface area is 218 Å². The highest BCUT2D eigenvalue weighted by Gasteiger charge is 2.53. The molecule has 1 fully saturated rings. The predicted octanol–water partition coefficient (Wildman–Crippen LogP) is -1.34. The number of nitrogens with zero attached hydrogens (tertiary/aromatic N) is 6. The molecule has 2 aliphatic rings. The van der Waals surface area contributed by atoms with E-state index in [0.717, 1.165) is 28.2 Å². The number of aryl methyl sites for hydroxylation is 2. The SMILES string of the molecule is CON=C(C(=O)NC1C(=O)N2C(C(=O)[O-])=C(C[n+]3ccc4nc(C)n(C)c4c3)CS[C@@H]12)c1csc(N)n1. The van der Waals surface area contributed by atoms with E-state index in [4.69, 9.17) is 10.6 Å². The number of fused-ring (bicyclic) bond motifs is 2. The summed E-state index contributed by atoms with van der Waals surface area (Å²) in [7, 11) is 3.18. The summed E-state index contributed by atoms with van der Waals surface area (Å²) < 4.78 is 3.79. The van der Waals surface area contributed by atoms with Gasteiger partial charge in [0.15, 0.2) is 29.8 Å². The fourth-order valence-corrected chi connectivity index (χ4v) is 6.19. The van der Waals surface area contributed by atoms with Crippen LogP contribution in [0.1, 0.15) is 11.5 Å². The average Bonchev–Trinajstić information content (AvgIpc) is 3.42. The second-order valence-electron chi connectivity index (χ2n) is 8.40. The van der Waals surface area contributed by atoms with Gasteiger partial charge in [-0.2, -0.15) is 4.57 Å². The number of β-lactam (4-membered cyclic amide) rings is 1. The molecule has 2 aliphatic heterocycles. The number of carboxylic acid groups (broad SMARTS) is 1. The lowest BCUT2D eigenvalue weighted by Gasteiger charge is -2.50. The second-order valence-corrected chi connectivity index (χ2v) is 10.4. The number of rotatable bonds is 7. The molecule has 192 valence electrons. The number of aliphatic carboxylic acids is 1. The molecular formula is C22H22N8O5S2. The maximum atomic E-state index is 13.0. The monoisotopic (exact) mass is 542 g/mol. The van der Waals surface area contributed by atoms with E-state index in [2.05, 4.69) is 20.4 Å². The normalized spacial score (nSPS) is 19.6. The molecule has 13 nitrogen and oxygen atoms in total. The Hall–Kier alpha value is -3.98. The number of hydrogen-bond acceptors (Lipinski definition) is 11. The first-order valence-corrected chi connectivity index (χ1v) is 13.0. The Morgan fingerprint density at radius 2 is 2.19 bits per heavy atom. The summed E-state index contributed by atoms with van der Waals surface area (Å²) in [5.74, 6) is -1.50. The van der Waals surface area contributed by atoms with Gasteiger partial charge in [0.05, 0.1) is 11.7 Å². The molecule has 0 spiro atoms. The molecule has 3 N–H and O–H groups in total. The summed E-state index contributed by atoms with van der Waals surface area (Å²) in [4.78, 5) is 52.5. The van der Waals surface area contributed by atoms with Crippen molar-refractivity contribution in [1.82, 2.24) is 24.8 Å². The van der Waals surface area contributed by atoms with Crippen LogP contribution < -0.4 is 20.7 Å². The Bertz CT molecular complexity index is 1510. The number of nitrogen functional groups attached to an aromatic ring is 1. The van der Waals surface area contributed by atoms with Crippen molar-refractivity contribution in [2.45, 2.75) is 24.9 Å². The highest BCUT2D eigenvalue weighted by Crippen LogP contribution is 2.40. The molecule has 0 saturated carbocycles. The number of anilines is 1. The number of thioether (sulfide) groups is 1. The van der Waals surface area contributed by atoms with Crippen molar-refractivity contribution >= 4 is 62.8 Å². The number of hydrogen-bond donors (Lipinski definition) is 2. The van der Waals surface area contributed by atoms with Crippen molar-refractivity contribution in [1.29, 1.82) is 0 Å². The number of pyridine rings is 1. The van der Waals surface area contributed by atoms with Crippen LogP contribution in [0.2, 0.25) is 0 Å². The van der Waals surface area contributed by atoms with Crippen molar-refractivity contribution in [2.24, 2.45) is 12.2 Å². The Kier molecular flexibility index (Phi) is 6.33. The quantitative estimate of drug-likeness (QED) is 0.159. The van der Waals surface area contributed by atoms with Gasteiger partial charge in [-0.15, -0.1) is 23.1 Å². The molecule has 2 amide bonds. The number of nitrogens with two attached hydrogens (primary N) is 1. The molecule has 0 aromatic carbocycles. The van der Waals surface area contributed by atoms with E-state index in [1.165, 1.54) is 23.8 Å². The smallest absolute Gasteiger partial charge is 0.276 e. The van der Waals surface area contributed by atoms with Crippen molar-refractivity contribution < 1.29 is 28.9 Å². The van der Waals surface area contributed by atoms with Gasteiger partial charge in [-0.1, -0.05) is 5.16 Å². The number of imidazole rings is 1. The van der Waals surface area contributed by atoms with E-state index in [1.807, 2.05) is 41.6 Å². The van der Waals surface area contributed by atoms with Crippen LogP contribution in [0.5, 0.6) is 0 Å². The van der Waals surface area contributed by atoms with Crippen LogP contribution >= 0.6 is 23.1 Å². The van der Waals surface area contributed by atoms with E-state index < -0.39 is 29.2 Å². The van der Waals surface area contributed by atoms with Crippen LogP contribution in [-0.4, -0.2) is 67.2 Å². The number of carbonyl (C=O) groups excluding carboxylic acids is 3. The highest BCUT2D eigenvalue weighted by molar-refractivity contribution is 8.00. The van der Waals surface area contributed by atoms with Crippen molar-refractivity contribution in [3.8, 4) is 0 Å². The Balaban J connectivity index is 1.37. The lowest BCUT2D eigenvalue weighted by Crippen LogP contribution is -2.71. The van der Waals surface area contributed by atoms with Crippen molar-refractivity contribution in [3.63, 3.8) is 0 Å². The standard InChI is InChI=1S/C22H22N8O5S2/c1-10-24-12-4-5-29(7-14(12)28(10)2)6-11-8-36-20-16(19(32)30(20)17(11)21(33)34)26-18(31)15(27-35-3)13-9-37-22(23)25-13/h4-5,7,9,16,20H,6,8H2,1-3H3,(H3-,23,25,26,31,33,34)/t16?,20-/m0/s1. The van der Waals surface area contributed by atoms with Gasteiger partial charge in [0.25, 0.3) is 11.8 Å². The summed E-state index contributed by atoms with van der Waals surface area (Å²) in [6.45, 7) is 2.15. The molecule has 3 aromatic heterocycles. The zero-order chi connectivity index (χ0) is 26.4. The fraction of sp³-hybridized carbons (Fsp3) is 0.318. The highest BCUT2D eigenvalue weighted by atomic mass is 32.2. The first kappa shape index (κ1) is 24.7. The number of thiazole rings is 1. The largest absolute Gasteiger partial charge is 0.543 e. The van der Waals surface area contributed by atoms with Crippen LogP contribution in [0.15, 0.2) is 40.3 Å². The lowest BCUT2D eigenvalue weighted by atomic mass is 10.0. The first-order valence-electron chi connectivity index (χ1n) is 11.0. The number of oxime groups is 1. The number of nitrogens with one attached hydrogen (secondary N) is 1. The van der Waals surface area contributed by atoms with E-state index in [1.54, 1.807) is 5.38 Å². The third-order valence-corrected chi connectivity index (χ3v) is 8.18. The van der Waals surface area contributed by atoms with Gasteiger partial charge in [0.1, 0.15) is 41.1 Å². The molecule has 5 rings (SSSR count). The topological polar surface area (TPSA) is 172 Å². The molecule has 3 aromatic rings. The lowest BCUT2D eigenvalue weighted by molar-refractivity contribution is -0.687. The first-order chi connectivity index (χ1) is 17.7. The van der Waals surface area contributed by atoms with Crippen LogP contribution in [0, 0.1) is 6.92 Å².